The molecule has 0 aliphatic carbocycles. The van der Waals surface area contributed by atoms with Crippen molar-refractivity contribution in [2.45, 2.75) is 19.3 Å². The molecule has 0 bridgehead atoms. The van der Waals surface area contributed by atoms with Crippen LogP contribution in [0, 0.1) is 0 Å². The highest BCUT2D eigenvalue weighted by Crippen LogP contribution is 2.18. The van der Waals surface area contributed by atoms with Gasteiger partial charge >= 0.3 is 6.18 Å². The van der Waals surface area contributed by atoms with Gasteiger partial charge in [0.2, 0.25) is 0 Å². The Kier molecular flexibility index (Phi) is 3.53. The van der Waals surface area contributed by atoms with Crippen LogP contribution < -0.4 is 5.73 Å². The molecule has 7 heteroatoms. The predicted molar refractivity (Wildman–Crippen MR) is 59.7 cm³/mol. The van der Waals surface area contributed by atoms with Gasteiger partial charge in [0.05, 0.1) is 11.0 Å². The van der Waals surface area contributed by atoms with Gasteiger partial charge in [-0.15, -0.1) is 0 Å². The number of hydrogen-bond acceptors (Lipinski definition) is 3. The molecule has 0 unspecified atom stereocenters. The van der Waals surface area contributed by atoms with Crippen LogP contribution in [-0.4, -0.2) is 22.8 Å². The van der Waals surface area contributed by atoms with E-state index in [0.717, 1.165) is 11.1 Å². The number of nitrogens with two attached hydrogens (primary N) is 1. The first-order valence-corrected chi connectivity index (χ1v) is 5.30. The molecule has 0 saturated carbocycles. The first kappa shape index (κ1) is 12.8. The van der Waals surface area contributed by atoms with E-state index in [0.29, 0.717) is 17.9 Å². The van der Waals surface area contributed by atoms with Crippen LogP contribution in [0.25, 0.3) is 11.0 Å². The molecule has 1 heterocycles. The normalized spacial score (nSPS) is 12.2. The number of halogens is 3. The second-order valence-electron chi connectivity index (χ2n) is 3.81. The Morgan fingerprint density at radius 2 is 2.11 bits per heavy atom. The first-order valence-electron chi connectivity index (χ1n) is 5.30. The summed E-state index contributed by atoms with van der Waals surface area (Å²) >= 11 is 0. The Hall–Kier alpha value is -1.60. The predicted octanol–water partition coefficient (Wildman–Crippen LogP) is 2.10. The Morgan fingerprint density at radius 3 is 2.78 bits per heavy atom. The van der Waals surface area contributed by atoms with E-state index in [1.807, 2.05) is 12.1 Å². The number of ether oxygens (including phenoxy) is 1. The minimum Gasteiger partial charge on any atom is -0.364 e. The summed E-state index contributed by atoms with van der Waals surface area (Å²) in [6.45, 7) is -1.17. The minimum absolute atomic E-state index is 0.210. The van der Waals surface area contributed by atoms with Crippen molar-refractivity contribution in [2.75, 3.05) is 6.61 Å². The van der Waals surface area contributed by atoms with Crippen molar-refractivity contribution in [3.8, 4) is 0 Å². The molecule has 1 aromatic carbocycles. The molecule has 98 valence electrons. The summed E-state index contributed by atoms with van der Waals surface area (Å²) in [5, 5.41) is 0. The van der Waals surface area contributed by atoms with E-state index >= 15 is 0 Å². The highest BCUT2D eigenvalue weighted by molar-refractivity contribution is 5.78. The third-order valence-electron chi connectivity index (χ3n) is 2.37. The number of aromatic nitrogens is 2. The molecule has 0 aliphatic heterocycles. The summed E-state index contributed by atoms with van der Waals surface area (Å²) < 4.78 is 40.3. The van der Waals surface area contributed by atoms with Gasteiger partial charge in [-0.2, -0.15) is 13.2 Å². The molecular formula is C11H12F3N3O. The molecule has 0 aliphatic rings. The molecule has 0 spiro atoms. The number of nitrogens with zero attached hydrogens (tertiary/aromatic N) is 1. The molecule has 1 aromatic heterocycles. The molecule has 2 aromatic rings. The van der Waals surface area contributed by atoms with Gasteiger partial charge in [-0.05, 0) is 11.6 Å². The Balaban J connectivity index is 2.11. The fourth-order valence-electron chi connectivity index (χ4n) is 1.64. The van der Waals surface area contributed by atoms with Crippen molar-refractivity contribution in [3.63, 3.8) is 0 Å². The molecule has 0 amide bonds. The highest BCUT2D eigenvalue weighted by Gasteiger charge is 2.27. The van der Waals surface area contributed by atoms with Crippen molar-refractivity contribution >= 4 is 11.0 Å². The van der Waals surface area contributed by atoms with E-state index in [4.69, 9.17) is 5.73 Å². The van der Waals surface area contributed by atoms with E-state index in [2.05, 4.69) is 14.7 Å². The van der Waals surface area contributed by atoms with Crippen molar-refractivity contribution in [1.29, 1.82) is 0 Å². The summed E-state index contributed by atoms with van der Waals surface area (Å²) in [4.78, 5) is 7.07. The van der Waals surface area contributed by atoms with Crippen LogP contribution in [-0.2, 0) is 17.9 Å². The van der Waals surface area contributed by atoms with Gasteiger partial charge in [0.1, 0.15) is 19.0 Å². The average Bonchev–Trinajstić information content (AvgIpc) is 2.69. The smallest absolute Gasteiger partial charge is 0.364 e. The maximum atomic E-state index is 11.9. The molecule has 2 rings (SSSR count). The summed E-state index contributed by atoms with van der Waals surface area (Å²) in [6, 6.07) is 5.42. The van der Waals surface area contributed by atoms with Crippen LogP contribution in [0.5, 0.6) is 0 Å². The number of benzene rings is 1. The lowest BCUT2D eigenvalue weighted by molar-refractivity contribution is -0.177. The van der Waals surface area contributed by atoms with E-state index in [1.165, 1.54) is 0 Å². The maximum Gasteiger partial charge on any atom is 0.411 e. The molecule has 0 radical (unpaired) electrons. The third-order valence-corrected chi connectivity index (χ3v) is 2.37. The molecule has 3 N–H and O–H groups in total. The molecule has 0 atom stereocenters. The largest absolute Gasteiger partial charge is 0.411 e. The zero-order chi connectivity index (χ0) is 13.2. The van der Waals surface area contributed by atoms with Crippen molar-refractivity contribution in [1.82, 2.24) is 9.97 Å². The van der Waals surface area contributed by atoms with Crippen molar-refractivity contribution in [2.24, 2.45) is 5.73 Å². The van der Waals surface area contributed by atoms with Crippen LogP contribution >= 0.6 is 0 Å². The highest BCUT2D eigenvalue weighted by atomic mass is 19.4. The van der Waals surface area contributed by atoms with Crippen molar-refractivity contribution in [3.05, 3.63) is 29.6 Å². The topological polar surface area (TPSA) is 63.9 Å². The van der Waals surface area contributed by atoms with Gasteiger partial charge in [0, 0.05) is 6.54 Å². The number of fused-ring (bicyclic) bond motifs is 1. The third kappa shape index (κ3) is 2.99. The standard InChI is InChI=1S/C11H12F3N3O/c12-11(13,14)6-18-5-9-16-8-3-1-2-7(4-15)10(8)17-9/h1-3H,4-6,15H2,(H,16,17). The fraction of sp³-hybridized carbons (Fsp3) is 0.364. The van der Waals surface area contributed by atoms with E-state index in [-0.39, 0.29) is 6.61 Å². The van der Waals surface area contributed by atoms with E-state index in [9.17, 15) is 13.2 Å². The Labute approximate surface area is 101 Å². The zero-order valence-corrected chi connectivity index (χ0v) is 9.42. The zero-order valence-electron chi connectivity index (χ0n) is 9.42. The van der Waals surface area contributed by atoms with Crippen molar-refractivity contribution < 1.29 is 17.9 Å². The number of H-pyrrole nitrogens is 1. The van der Waals surface area contributed by atoms with Gasteiger partial charge in [0.15, 0.2) is 0 Å². The number of rotatable bonds is 4. The lowest BCUT2D eigenvalue weighted by Crippen LogP contribution is -2.16. The second kappa shape index (κ2) is 4.95. The number of nitrogens with one attached hydrogen (secondary N) is 1. The summed E-state index contributed by atoms with van der Waals surface area (Å²) in [5.41, 5.74) is 7.80. The van der Waals surface area contributed by atoms with Gasteiger partial charge in [-0.1, -0.05) is 12.1 Å². The van der Waals surface area contributed by atoms with Crippen LogP contribution in [0.4, 0.5) is 13.2 Å². The fourth-order valence-corrected chi connectivity index (χ4v) is 1.64. The SMILES string of the molecule is NCc1cccc2[nH]c(COCC(F)(F)F)nc12. The summed E-state index contributed by atoms with van der Waals surface area (Å²) in [5.74, 6) is 0.357. The monoisotopic (exact) mass is 259 g/mol. The quantitative estimate of drug-likeness (QED) is 0.883. The molecule has 0 fully saturated rings. The number of imidazole rings is 1. The minimum atomic E-state index is -4.32. The van der Waals surface area contributed by atoms with E-state index in [1.54, 1.807) is 6.07 Å². The molecule has 0 saturated heterocycles. The molecular weight excluding hydrogens is 247 g/mol. The lowest BCUT2D eigenvalue weighted by atomic mass is 10.2. The maximum absolute atomic E-state index is 11.9. The van der Waals surface area contributed by atoms with Gasteiger partial charge in [-0.3, -0.25) is 0 Å². The lowest BCUT2D eigenvalue weighted by Gasteiger charge is -2.05. The van der Waals surface area contributed by atoms with Gasteiger partial charge in [-0.25, -0.2) is 4.98 Å². The van der Waals surface area contributed by atoms with Crippen LogP contribution in [0.1, 0.15) is 11.4 Å². The Bertz CT molecular complexity index is 536. The summed E-state index contributed by atoms with van der Waals surface area (Å²) in [6.07, 6.45) is -4.32. The van der Waals surface area contributed by atoms with Crippen LogP contribution in [0.15, 0.2) is 18.2 Å². The Morgan fingerprint density at radius 1 is 1.33 bits per heavy atom. The second-order valence-corrected chi connectivity index (χ2v) is 3.81. The summed E-state index contributed by atoms with van der Waals surface area (Å²) in [7, 11) is 0. The number of hydrogen-bond donors (Lipinski definition) is 2. The number of aromatic amines is 1. The van der Waals surface area contributed by atoms with Crippen LogP contribution in [0.2, 0.25) is 0 Å². The van der Waals surface area contributed by atoms with Gasteiger partial charge < -0.3 is 15.5 Å². The van der Waals surface area contributed by atoms with Crippen LogP contribution in [0.3, 0.4) is 0 Å². The number of alkyl halides is 3. The number of para-hydroxylation sites is 1. The van der Waals surface area contributed by atoms with Gasteiger partial charge in [0.25, 0.3) is 0 Å². The first-order chi connectivity index (χ1) is 8.49. The molecule has 4 nitrogen and oxygen atoms in total. The van der Waals surface area contributed by atoms with E-state index < -0.39 is 12.8 Å². The molecule has 18 heavy (non-hydrogen) atoms. The average molecular weight is 259 g/mol.